The molecule has 0 aromatic carbocycles. The van der Waals surface area contributed by atoms with Crippen molar-refractivity contribution in [2.75, 3.05) is 22.5 Å². The van der Waals surface area contributed by atoms with E-state index in [1.54, 1.807) is 45.2 Å². The number of aromatic carboxylic acids is 1. The first-order chi connectivity index (χ1) is 19.4. The largest absolute Gasteiger partial charge is 0.477 e. The molecular weight excluding hydrogens is 536 g/mol. The molecule has 16 heteroatoms. The molecule has 0 aliphatic heterocycles. The summed E-state index contributed by atoms with van der Waals surface area (Å²) in [7, 11) is 6.42. The zero-order valence-electron chi connectivity index (χ0n) is 22.6. The molecule has 4 aromatic heterocycles. The van der Waals surface area contributed by atoms with Crippen molar-refractivity contribution in [1.82, 2.24) is 33.6 Å². The Bertz CT molecular complexity index is 1660. The van der Waals surface area contributed by atoms with Crippen LogP contribution in [0.4, 0.5) is 17.2 Å². The maximum atomic E-state index is 12.9. The van der Waals surface area contributed by atoms with Crippen LogP contribution in [0.2, 0.25) is 0 Å². The van der Waals surface area contributed by atoms with Gasteiger partial charge >= 0.3 is 5.97 Å². The van der Waals surface area contributed by atoms with Crippen LogP contribution in [0, 0.1) is 0 Å². The maximum Gasteiger partial charge on any atom is 0.352 e. The molecule has 0 radical (unpaired) electrons. The molecule has 214 valence electrons. The number of nitrogens with one attached hydrogen (secondary N) is 4. The van der Waals surface area contributed by atoms with Crippen LogP contribution in [-0.4, -0.2) is 69.5 Å². The predicted molar refractivity (Wildman–Crippen MR) is 146 cm³/mol. The van der Waals surface area contributed by atoms with Crippen LogP contribution in [-0.2, 0) is 33.0 Å². The molecule has 0 saturated heterocycles. The molecule has 0 aliphatic carbocycles. The Morgan fingerprint density at radius 2 is 1.41 bits per heavy atom. The number of nitrogens with zero attached hydrogens (tertiary/aromatic N) is 6. The first kappa shape index (κ1) is 28.3. The molecule has 0 aliphatic rings. The predicted octanol–water partition coefficient (Wildman–Crippen LogP) is 0.792. The monoisotopic (exact) mass is 564 g/mol. The maximum absolute atomic E-state index is 12.9. The number of hydrogen-bond acceptors (Lipinski definition) is 7. The van der Waals surface area contributed by atoms with E-state index in [1.807, 2.05) is 0 Å². The summed E-state index contributed by atoms with van der Waals surface area (Å²) in [4.78, 5) is 69.4. The summed E-state index contributed by atoms with van der Waals surface area (Å²) in [6.07, 6.45) is 7.61. The van der Waals surface area contributed by atoms with Gasteiger partial charge in [0.15, 0.2) is 11.6 Å². The number of hydrogen-bond donors (Lipinski definition) is 5. The van der Waals surface area contributed by atoms with Gasteiger partial charge in [0.1, 0.15) is 11.4 Å². The van der Waals surface area contributed by atoms with Gasteiger partial charge in [-0.25, -0.2) is 14.8 Å². The third-order valence-electron chi connectivity index (χ3n) is 5.99. The lowest BCUT2D eigenvalue weighted by atomic mass is 10.3. The van der Waals surface area contributed by atoms with E-state index in [9.17, 15) is 29.1 Å². The van der Waals surface area contributed by atoms with Crippen LogP contribution >= 0.6 is 0 Å². The molecule has 4 rings (SSSR count). The van der Waals surface area contributed by atoms with Crippen LogP contribution in [0.3, 0.4) is 0 Å². The average molecular weight is 565 g/mol. The summed E-state index contributed by atoms with van der Waals surface area (Å²) >= 11 is 0. The lowest BCUT2D eigenvalue weighted by Gasteiger charge is -2.05. The van der Waals surface area contributed by atoms with E-state index in [-0.39, 0.29) is 53.4 Å². The van der Waals surface area contributed by atoms with Crippen molar-refractivity contribution in [3.63, 3.8) is 0 Å². The number of aromatic nitrogens is 6. The highest BCUT2D eigenvalue weighted by atomic mass is 16.4. The van der Waals surface area contributed by atoms with Crippen LogP contribution in [0.1, 0.15) is 48.6 Å². The lowest BCUT2D eigenvalue weighted by molar-refractivity contribution is -0.116. The molecule has 0 unspecified atom stereocenters. The average Bonchev–Trinajstić information content (AvgIpc) is 3.66. The fourth-order valence-corrected chi connectivity index (χ4v) is 3.99. The van der Waals surface area contributed by atoms with E-state index in [0.29, 0.717) is 5.69 Å². The molecule has 4 heterocycles. The van der Waals surface area contributed by atoms with Gasteiger partial charge in [-0.05, 0) is 12.1 Å². The number of carbonyl (C=O) groups excluding carboxylic acids is 4. The van der Waals surface area contributed by atoms with Gasteiger partial charge in [-0.3, -0.25) is 19.2 Å². The van der Waals surface area contributed by atoms with E-state index in [2.05, 4.69) is 31.2 Å². The Labute approximate surface area is 233 Å². The van der Waals surface area contributed by atoms with Crippen molar-refractivity contribution in [1.29, 1.82) is 0 Å². The van der Waals surface area contributed by atoms with Crippen LogP contribution in [0.15, 0.2) is 43.1 Å². The molecule has 5 N–H and O–H groups in total. The smallest absolute Gasteiger partial charge is 0.352 e. The van der Waals surface area contributed by atoms with Crippen molar-refractivity contribution in [3.05, 3.63) is 66.2 Å². The third-order valence-corrected chi connectivity index (χ3v) is 5.99. The molecular formula is C25H28N10O6. The van der Waals surface area contributed by atoms with Crippen molar-refractivity contribution in [2.45, 2.75) is 6.42 Å². The van der Waals surface area contributed by atoms with Gasteiger partial charge in [0.25, 0.3) is 17.7 Å². The summed E-state index contributed by atoms with van der Waals surface area (Å²) in [6.45, 7) is 0.0955. The summed E-state index contributed by atoms with van der Waals surface area (Å²) in [5, 5.41) is 19.7. The van der Waals surface area contributed by atoms with Gasteiger partial charge in [0.2, 0.25) is 11.7 Å². The quantitative estimate of drug-likeness (QED) is 0.186. The lowest BCUT2D eigenvalue weighted by Crippen LogP contribution is -2.29. The molecule has 16 nitrogen and oxygen atoms in total. The van der Waals surface area contributed by atoms with Crippen LogP contribution in [0.25, 0.3) is 0 Å². The highest BCUT2D eigenvalue weighted by molar-refractivity contribution is 6.06. The first-order valence-corrected chi connectivity index (χ1v) is 12.2. The fraction of sp³-hybridized carbons (Fsp3) is 0.240. The number of rotatable bonds is 10. The first-order valence-electron chi connectivity index (χ1n) is 12.2. The highest BCUT2D eigenvalue weighted by Crippen LogP contribution is 2.17. The van der Waals surface area contributed by atoms with Gasteiger partial charge in [-0.1, -0.05) is 0 Å². The van der Waals surface area contributed by atoms with E-state index >= 15 is 0 Å². The molecule has 0 spiro atoms. The Kier molecular flexibility index (Phi) is 8.02. The fourth-order valence-electron chi connectivity index (χ4n) is 3.99. The summed E-state index contributed by atoms with van der Waals surface area (Å²) in [5.74, 6) is -2.71. The number of carboxylic acids is 1. The minimum atomic E-state index is -1.14. The number of aryl methyl sites for hydroxylation is 4. The van der Waals surface area contributed by atoms with Gasteiger partial charge in [0, 0.05) is 72.1 Å². The van der Waals surface area contributed by atoms with E-state index in [4.69, 9.17) is 0 Å². The second kappa shape index (κ2) is 11.6. The number of carbonyl (C=O) groups is 5. The van der Waals surface area contributed by atoms with Gasteiger partial charge in [0.05, 0.1) is 11.4 Å². The van der Waals surface area contributed by atoms with Crippen molar-refractivity contribution in [3.8, 4) is 0 Å². The molecule has 4 aromatic rings. The van der Waals surface area contributed by atoms with Crippen molar-refractivity contribution < 1.29 is 29.1 Å². The molecule has 0 atom stereocenters. The molecule has 4 amide bonds. The number of carboxylic acid groups (broad SMARTS) is 1. The summed E-state index contributed by atoms with van der Waals surface area (Å²) < 4.78 is 5.85. The van der Waals surface area contributed by atoms with Crippen molar-refractivity contribution >= 4 is 46.8 Å². The second-order valence-corrected chi connectivity index (χ2v) is 9.14. The minimum Gasteiger partial charge on any atom is -0.477 e. The number of imidazole rings is 2. The number of amides is 4. The zero-order valence-corrected chi connectivity index (χ0v) is 22.6. The molecule has 41 heavy (non-hydrogen) atoms. The standard InChI is InChI=1S/C25H28N10O6/c1-32-8-7-26-20(32)23(38)27-6-5-19(36)28-14-9-16(33(2)11-14)22(37)31-18-13-35(4)21(30-18)24(39)29-15-10-17(25(40)41)34(3)12-15/h7-13H,5-6H2,1-4H3,(H,27,38)(H,28,36)(H,29,39)(H,31,37)(H,40,41). The topological polar surface area (TPSA) is 199 Å². The van der Waals surface area contributed by atoms with E-state index < -0.39 is 23.7 Å². The normalized spacial score (nSPS) is 10.7. The van der Waals surface area contributed by atoms with E-state index in [1.165, 1.54) is 44.4 Å². The minimum absolute atomic E-state index is 0.00136. The number of anilines is 3. The van der Waals surface area contributed by atoms with Gasteiger partial charge in [-0.15, -0.1) is 0 Å². The molecule has 0 bridgehead atoms. The third kappa shape index (κ3) is 6.49. The van der Waals surface area contributed by atoms with Crippen LogP contribution < -0.4 is 21.3 Å². The zero-order chi connectivity index (χ0) is 29.8. The molecule has 0 saturated carbocycles. The van der Waals surface area contributed by atoms with E-state index in [0.717, 1.165) is 0 Å². The second-order valence-electron chi connectivity index (χ2n) is 9.14. The van der Waals surface area contributed by atoms with Gasteiger partial charge < -0.3 is 44.6 Å². The van der Waals surface area contributed by atoms with Crippen molar-refractivity contribution in [2.24, 2.45) is 28.2 Å². The Hall–Kier alpha value is -5.67. The van der Waals surface area contributed by atoms with Gasteiger partial charge in [-0.2, -0.15) is 0 Å². The Morgan fingerprint density at radius 1 is 0.756 bits per heavy atom. The molecule has 0 fully saturated rings. The highest BCUT2D eigenvalue weighted by Gasteiger charge is 2.20. The Balaban J connectivity index is 1.32. The summed E-state index contributed by atoms with van der Waals surface area (Å²) in [6, 6.07) is 2.79. The Morgan fingerprint density at radius 3 is 2.05 bits per heavy atom. The van der Waals surface area contributed by atoms with Crippen LogP contribution in [0.5, 0.6) is 0 Å². The SMILES string of the molecule is Cn1cc(NC(=O)c2nc(NC(=O)c3cc(NC(=O)CCNC(=O)c4nccn4C)cn3C)cn2C)cc1C(=O)O. The summed E-state index contributed by atoms with van der Waals surface area (Å²) in [5.41, 5.74) is 0.865.